The molecule has 5 heterocycles. The third kappa shape index (κ3) is 4.81. The second kappa shape index (κ2) is 11.5. The normalized spacial score (nSPS) is 13.1. The van der Waals surface area contributed by atoms with E-state index in [1.54, 1.807) is 0 Å². The summed E-state index contributed by atoms with van der Waals surface area (Å²) in [6.45, 7) is 7.30. The van der Waals surface area contributed by atoms with Crippen molar-refractivity contribution in [3.05, 3.63) is 152 Å². The molecular weight excluding hydrogens is 643 g/mol. The summed E-state index contributed by atoms with van der Waals surface area (Å²) >= 11 is 0. The van der Waals surface area contributed by atoms with Crippen molar-refractivity contribution in [1.82, 2.24) is 14.5 Å². The lowest BCUT2D eigenvalue weighted by molar-refractivity contribution is 0.483. The average Bonchev–Trinajstić information content (AvgIpc) is 3.84. The molecule has 0 radical (unpaired) electrons. The van der Waals surface area contributed by atoms with Crippen molar-refractivity contribution in [1.29, 1.82) is 0 Å². The fourth-order valence-corrected chi connectivity index (χ4v) is 7.64. The highest BCUT2D eigenvalue weighted by Crippen LogP contribution is 2.47. The maximum absolute atomic E-state index is 6.65. The van der Waals surface area contributed by atoms with E-state index < -0.39 is 0 Å². The molecule has 0 bridgehead atoms. The minimum Gasteiger partial charge on any atom is -0.457 e. The highest BCUT2D eigenvalue weighted by atomic mass is 16.5. The summed E-state index contributed by atoms with van der Waals surface area (Å²) in [4.78, 5) is 14.0. The fourth-order valence-electron chi connectivity index (χ4n) is 7.64. The van der Waals surface area contributed by atoms with Gasteiger partial charge in [0, 0.05) is 46.4 Å². The summed E-state index contributed by atoms with van der Waals surface area (Å²) in [6.07, 6.45) is 5.70. The van der Waals surface area contributed by atoms with Crippen LogP contribution in [0, 0.1) is 0 Å². The molecule has 0 unspecified atom stereocenters. The number of nitrogens with zero attached hydrogens (tertiary/aromatic N) is 5. The summed E-state index contributed by atoms with van der Waals surface area (Å²) in [5, 5.41) is 4.53. The number of aromatic nitrogens is 3. The van der Waals surface area contributed by atoms with Gasteiger partial charge in [-0.05, 0) is 77.7 Å². The number of hydrogen-bond donors (Lipinski definition) is 0. The van der Waals surface area contributed by atoms with Crippen molar-refractivity contribution in [3.8, 4) is 17.3 Å². The van der Waals surface area contributed by atoms with Gasteiger partial charge in [-0.25, -0.2) is 4.98 Å². The quantitative estimate of drug-likeness (QED) is 0.181. The van der Waals surface area contributed by atoms with Gasteiger partial charge >= 0.3 is 0 Å². The van der Waals surface area contributed by atoms with E-state index in [9.17, 15) is 0 Å². The predicted octanol–water partition coefficient (Wildman–Crippen LogP) is 11.8. The molecular formula is C45H35N5O2. The predicted molar refractivity (Wildman–Crippen MR) is 211 cm³/mol. The molecule has 0 fully saturated rings. The fraction of sp³-hybridized carbons (Fsp3) is 0.111. The van der Waals surface area contributed by atoms with Crippen LogP contribution in [0.1, 0.15) is 26.3 Å². The first-order valence-corrected chi connectivity index (χ1v) is 17.6. The third-order valence-corrected chi connectivity index (χ3v) is 10.2. The van der Waals surface area contributed by atoms with Gasteiger partial charge in [-0.1, -0.05) is 69.3 Å². The van der Waals surface area contributed by atoms with Gasteiger partial charge in [0.15, 0.2) is 0 Å². The van der Waals surface area contributed by atoms with Crippen molar-refractivity contribution in [2.45, 2.75) is 26.2 Å². The van der Waals surface area contributed by atoms with E-state index in [1.165, 1.54) is 10.9 Å². The van der Waals surface area contributed by atoms with Crippen LogP contribution in [-0.2, 0) is 5.41 Å². The van der Waals surface area contributed by atoms with Crippen LogP contribution >= 0.6 is 0 Å². The van der Waals surface area contributed by atoms with Crippen LogP contribution < -0.4 is 14.5 Å². The Hall–Kier alpha value is -6.60. The SMILES string of the molecule is CC(C)(C)c1ccnc(-n2c3ccccc3c3ccc(Oc4cccc(N5CN(c6cccc7oc8ccccc8c67)c6cnccc65)c4)cc32)c1. The van der Waals surface area contributed by atoms with E-state index >= 15 is 0 Å². The Bertz CT molecular complexity index is 2830. The highest BCUT2D eigenvalue weighted by molar-refractivity contribution is 6.13. The number of para-hydroxylation sites is 2. The Labute approximate surface area is 300 Å². The van der Waals surface area contributed by atoms with Crippen molar-refractivity contribution in [2.24, 2.45) is 0 Å². The van der Waals surface area contributed by atoms with Crippen LogP contribution in [0.3, 0.4) is 0 Å². The molecule has 0 aliphatic carbocycles. The monoisotopic (exact) mass is 677 g/mol. The average molecular weight is 678 g/mol. The van der Waals surface area contributed by atoms with Crippen molar-refractivity contribution in [3.63, 3.8) is 0 Å². The van der Waals surface area contributed by atoms with Crippen LogP contribution in [-0.4, -0.2) is 21.2 Å². The molecule has 0 atom stereocenters. The first-order chi connectivity index (χ1) is 25.4. The zero-order chi connectivity index (χ0) is 35.0. The molecule has 9 aromatic rings. The maximum Gasteiger partial charge on any atom is 0.137 e. The summed E-state index contributed by atoms with van der Waals surface area (Å²) in [5.41, 5.74) is 9.36. The minimum absolute atomic E-state index is 0.000100. The second-order valence-corrected chi connectivity index (χ2v) is 14.4. The van der Waals surface area contributed by atoms with Gasteiger partial charge in [0.25, 0.3) is 0 Å². The van der Waals surface area contributed by atoms with Gasteiger partial charge in [-0.15, -0.1) is 0 Å². The number of anilines is 4. The molecule has 7 nitrogen and oxygen atoms in total. The van der Waals surface area contributed by atoms with Crippen LogP contribution in [0.5, 0.6) is 11.5 Å². The van der Waals surface area contributed by atoms with E-state index in [2.05, 4.69) is 143 Å². The summed E-state index contributed by atoms with van der Waals surface area (Å²) < 4.78 is 15.1. The number of fused-ring (bicyclic) bond motifs is 7. The third-order valence-electron chi connectivity index (χ3n) is 10.2. The highest BCUT2D eigenvalue weighted by Gasteiger charge is 2.30. The van der Waals surface area contributed by atoms with Crippen molar-refractivity contribution < 1.29 is 9.15 Å². The van der Waals surface area contributed by atoms with Crippen LogP contribution in [0.4, 0.5) is 22.7 Å². The molecule has 0 saturated carbocycles. The van der Waals surface area contributed by atoms with Gasteiger partial charge in [0.1, 0.15) is 35.2 Å². The van der Waals surface area contributed by atoms with Crippen LogP contribution in [0.25, 0.3) is 49.6 Å². The Balaban J connectivity index is 1.02. The van der Waals surface area contributed by atoms with Gasteiger partial charge in [-0.2, -0.15) is 0 Å². The molecule has 52 heavy (non-hydrogen) atoms. The molecule has 0 amide bonds. The molecule has 4 aromatic heterocycles. The van der Waals surface area contributed by atoms with Crippen LogP contribution in [0.15, 0.2) is 150 Å². The first-order valence-electron chi connectivity index (χ1n) is 17.6. The molecule has 1 aliphatic heterocycles. The zero-order valence-electron chi connectivity index (χ0n) is 29.1. The number of pyridine rings is 2. The Kier molecular flexibility index (Phi) is 6.67. The van der Waals surface area contributed by atoms with Gasteiger partial charge in [0.2, 0.25) is 0 Å². The standard InChI is InChI=1S/C45H35N5O2/c1-45(2,3)29-20-23-47-43(24-29)50-36-14-6-4-12-33(36)34-19-18-32(26-39(34)50)51-31-11-8-10-30(25-31)48-28-49(40-27-46-22-21-37(40)48)38-15-9-17-42-44(38)35-13-5-7-16-41(35)52-42/h4-27H,28H2,1-3H3. The maximum atomic E-state index is 6.65. The number of benzene rings is 5. The Morgan fingerprint density at radius 3 is 2.31 bits per heavy atom. The lowest BCUT2D eigenvalue weighted by Crippen LogP contribution is -2.24. The Morgan fingerprint density at radius 2 is 1.40 bits per heavy atom. The topological polar surface area (TPSA) is 59.6 Å². The van der Waals surface area contributed by atoms with E-state index in [-0.39, 0.29) is 5.41 Å². The Morgan fingerprint density at radius 1 is 0.615 bits per heavy atom. The number of ether oxygens (including phenoxy) is 1. The largest absolute Gasteiger partial charge is 0.457 e. The van der Waals surface area contributed by atoms with Gasteiger partial charge in [-0.3, -0.25) is 9.55 Å². The lowest BCUT2D eigenvalue weighted by atomic mass is 9.88. The number of hydrogen-bond acceptors (Lipinski definition) is 6. The van der Waals surface area contributed by atoms with Crippen molar-refractivity contribution in [2.75, 3.05) is 16.5 Å². The van der Waals surface area contributed by atoms with Gasteiger partial charge < -0.3 is 19.0 Å². The molecule has 0 saturated heterocycles. The summed E-state index contributed by atoms with van der Waals surface area (Å²) in [6, 6.07) is 44.0. The van der Waals surface area contributed by atoms with Gasteiger partial charge in [0.05, 0.1) is 39.7 Å². The molecule has 1 aliphatic rings. The van der Waals surface area contributed by atoms with E-state index in [0.717, 1.165) is 78.4 Å². The van der Waals surface area contributed by atoms with Crippen LogP contribution in [0.2, 0.25) is 0 Å². The smallest absolute Gasteiger partial charge is 0.137 e. The number of furan rings is 1. The van der Waals surface area contributed by atoms with Crippen molar-refractivity contribution >= 4 is 66.5 Å². The molecule has 10 rings (SSSR count). The molecule has 5 aromatic carbocycles. The summed E-state index contributed by atoms with van der Waals surface area (Å²) in [5.74, 6) is 2.40. The zero-order valence-corrected chi connectivity index (χ0v) is 29.1. The second-order valence-electron chi connectivity index (χ2n) is 14.4. The van der Waals surface area contributed by atoms with E-state index in [0.29, 0.717) is 6.67 Å². The first kappa shape index (κ1) is 30.2. The van der Waals surface area contributed by atoms with E-state index in [4.69, 9.17) is 14.1 Å². The minimum atomic E-state index is 0.000100. The molecule has 252 valence electrons. The lowest BCUT2D eigenvalue weighted by Gasteiger charge is -2.23. The number of rotatable bonds is 5. The molecule has 0 spiro atoms. The summed E-state index contributed by atoms with van der Waals surface area (Å²) in [7, 11) is 0. The van der Waals surface area contributed by atoms with E-state index in [1.807, 2.05) is 42.9 Å². The molecule has 0 N–H and O–H groups in total. The molecule has 7 heteroatoms.